The molecule has 0 saturated heterocycles. The fourth-order valence-corrected chi connectivity index (χ4v) is 0.499. The van der Waals surface area contributed by atoms with E-state index in [-0.39, 0.29) is 6.54 Å². The molecular formula is C5H11NO5. The van der Waals surface area contributed by atoms with E-state index in [4.69, 9.17) is 20.5 Å². The maximum atomic E-state index is 10.7. The Labute approximate surface area is 63.0 Å². The third-order valence-corrected chi connectivity index (χ3v) is 1.11. The number of ketones is 1. The summed E-state index contributed by atoms with van der Waals surface area (Å²) >= 11 is 0. The fourth-order valence-electron chi connectivity index (χ4n) is 0.499. The Morgan fingerprint density at radius 3 is 2.27 bits per heavy atom. The summed E-state index contributed by atoms with van der Waals surface area (Å²) in [5.41, 5.74) is 1.56. The van der Waals surface area contributed by atoms with E-state index in [1.165, 1.54) is 0 Å². The van der Waals surface area contributed by atoms with Crippen molar-refractivity contribution in [2.45, 2.75) is 12.2 Å². The van der Waals surface area contributed by atoms with Gasteiger partial charge in [-0.05, 0) is 0 Å². The van der Waals surface area contributed by atoms with Gasteiger partial charge in [0.1, 0.15) is 12.2 Å². The molecule has 11 heavy (non-hydrogen) atoms. The first-order chi connectivity index (χ1) is 5.13. The summed E-state index contributed by atoms with van der Waals surface area (Å²) in [5.74, 6) is -0.922. The number of carbonyl (C=O) groups is 1. The molecule has 0 radical (unpaired) electrons. The molecule has 0 aromatic heterocycles. The molecule has 66 valence electrons. The van der Waals surface area contributed by atoms with Crippen LogP contribution < -0.4 is 5.48 Å². The van der Waals surface area contributed by atoms with E-state index in [1.807, 2.05) is 0 Å². The molecule has 0 spiro atoms. The Bertz CT molecular complexity index is 128. The van der Waals surface area contributed by atoms with Crippen LogP contribution in [0, 0.1) is 0 Å². The van der Waals surface area contributed by atoms with E-state index in [0.717, 1.165) is 0 Å². The lowest BCUT2D eigenvalue weighted by atomic mass is 10.1. The summed E-state index contributed by atoms with van der Waals surface area (Å²) in [7, 11) is 0. The molecule has 0 bridgehead atoms. The number of hydrogen-bond donors (Lipinski definition) is 5. The molecule has 0 aliphatic rings. The summed E-state index contributed by atoms with van der Waals surface area (Å²) in [6, 6.07) is 0. The van der Waals surface area contributed by atoms with Crippen molar-refractivity contribution in [1.82, 2.24) is 5.48 Å². The highest BCUT2D eigenvalue weighted by molar-refractivity contribution is 5.87. The Kier molecular flexibility index (Phi) is 4.92. The first-order valence-electron chi connectivity index (χ1n) is 3.01. The van der Waals surface area contributed by atoms with Crippen molar-refractivity contribution in [3.8, 4) is 0 Å². The van der Waals surface area contributed by atoms with Gasteiger partial charge in [-0.3, -0.25) is 4.79 Å². The molecule has 0 aliphatic carbocycles. The second-order valence-electron chi connectivity index (χ2n) is 1.98. The van der Waals surface area contributed by atoms with Crippen molar-refractivity contribution < 1.29 is 25.3 Å². The van der Waals surface area contributed by atoms with E-state index < -0.39 is 24.6 Å². The highest BCUT2D eigenvalue weighted by atomic mass is 16.5. The number of Topliss-reactive ketones (excluding diaryl/α,β-unsaturated/α-hetero) is 1. The SMILES string of the molecule is O=C(C(O)CO)C(O)CNO. The largest absolute Gasteiger partial charge is 0.393 e. The summed E-state index contributed by atoms with van der Waals surface area (Å²) < 4.78 is 0. The maximum Gasteiger partial charge on any atom is 0.193 e. The van der Waals surface area contributed by atoms with Crippen molar-refractivity contribution in [2.75, 3.05) is 13.2 Å². The normalized spacial score (nSPS) is 16.0. The van der Waals surface area contributed by atoms with Crippen LogP contribution in [0.3, 0.4) is 0 Å². The van der Waals surface area contributed by atoms with Crippen LogP contribution in [0.2, 0.25) is 0 Å². The molecule has 5 N–H and O–H groups in total. The lowest BCUT2D eigenvalue weighted by Gasteiger charge is -2.10. The van der Waals surface area contributed by atoms with Crippen molar-refractivity contribution in [3.63, 3.8) is 0 Å². The average molecular weight is 165 g/mol. The molecule has 0 aromatic carbocycles. The zero-order chi connectivity index (χ0) is 8.85. The van der Waals surface area contributed by atoms with Crippen LogP contribution in [0.1, 0.15) is 0 Å². The van der Waals surface area contributed by atoms with Crippen molar-refractivity contribution in [3.05, 3.63) is 0 Å². The zero-order valence-electron chi connectivity index (χ0n) is 5.77. The highest BCUT2D eigenvalue weighted by Crippen LogP contribution is 1.90. The van der Waals surface area contributed by atoms with E-state index in [9.17, 15) is 4.79 Å². The smallest absolute Gasteiger partial charge is 0.193 e. The van der Waals surface area contributed by atoms with Gasteiger partial charge in [0.15, 0.2) is 5.78 Å². The zero-order valence-corrected chi connectivity index (χ0v) is 5.77. The number of aliphatic hydroxyl groups excluding tert-OH is 3. The minimum Gasteiger partial charge on any atom is -0.393 e. The Balaban J connectivity index is 3.81. The maximum absolute atomic E-state index is 10.7. The molecule has 2 atom stereocenters. The van der Waals surface area contributed by atoms with E-state index in [2.05, 4.69) is 0 Å². The molecular weight excluding hydrogens is 154 g/mol. The first kappa shape index (κ1) is 10.5. The molecule has 6 nitrogen and oxygen atoms in total. The fraction of sp³-hybridized carbons (Fsp3) is 0.800. The summed E-state index contributed by atoms with van der Waals surface area (Å²) in [6.45, 7) is -1.10. The van der Waals surface area contributed by atoms with Gasteiger partial charge in [-0.1, -0.05) is 0 Å². The number of carbonyl (C=O) groups excluding carboxylic acids is 1. The summed E-state index contributed by atoms with van der Waals surface area (Å²) in [6.07, 6.45) is -3.08. The van der Waals surface area contributed by atoms with Crippen LogP contribution in [0.5, 0.6) is 0 Å². The third-order valence-electron chi connectivity index (χ3n) is 1.11. The van der Waals surface area contributed by atoms with Crippen LogP contribution in [0.4, 0.5) is 0 Å². The molecule has 0 aliphatic heterocycles. The topological polar surface area (TPSA) is 110 Å². The van der Waals surface area contributed by atoms with Gasteiger partial charge >= 0.3 is 0 Å². The number of rotatable bonds is 5. The molecule has 0 aromatic rings. The van der Waals surface area contributed by atoms with Crippen LogP contribution >= 0.6 is 0 Å². The molecule has 2 unspecified atom stereocenters. The minimum atomic E-state index is -1.58. The summed E-state index contributed by atoms with van der Waals surface area (Å²) in [4.78, 5) is 10.7. The monoisotopic (exact) mass is 165 g/mol. The number of hydrogen-bond acceptors (Lipinski definition) is 6. The van der Waals surface area contributed by atoms with Gasteiger partial charge in [0.2, 0.25) is 0 Å². The Morgan fingerprint density at radius 2 is 1.91 bits per heavy atom. The average Bonchev–Trinajstić information content (AvgIpc) is 2.02. The third kappa shape index (κ3) is 3.40. The number of aliphatic hydroxyl groups is 3. The molecule has 6 heteroatoms. The van der Waals surface area contributed by atoms with E-state index >= 15 is 0 Å². The predicted molar refractivity (Wildman–Crippen MR) is 33.9 cm³/mol. The van der Waals surface area contributed by atoms with Crippen LogP contribution in [0.25, 0.3) is 0 Å². The van der Waals surface area contributed by atoms with Gasteiger partial charge in [-0.15, -0.1) is 0 Å². The molecule has 0 saturated carbocycles. The van der Waals surface area contributed by atoms with Crippen LogP contribution in [-0.4, -0.2) is 51.7 Å². The molecule has 0 fully saturated rings. The van der Waals surface area contributed by atoms with Gasteiger partial charge < -0.3 is 20.5 Å². The van der Waals surface area contributed by atoms with Crippen LogP contribution in [-0.2, 0) is 4.79 Å². The minimum absolute atomic E-state index is 0.365. The molecule has 0 amide bonds. The first-order valence-corrected chi connectivity index (χ1v) is 3.01. The van der Waals surface area contributed by atoms with Gasteiger partial charge in [0.25, 0.3) is 0 Å². The quantitative estimate of drug-likeness (QED) is 0.282. The lowest BCUT2D eigenvalue weighted by Crippen LogP contribution is -2.40. The Hall–Kier alpha value is -0.530. The van der Waals surface area contributed by atoms with Crippen molar-refractivity contribution in [2.24, 2.45) is 0 Å². The van der Waals surface area contributed by atoms with Crippen molar-refractivity contribution in [1.29, 1.82) is 0 Å². The van der Waals surface area contributed by atoms with Gasteiger partial charge in [0.05, 0.1) is 13.2 Å². The number of hydroxylamine groups is 1. The van der Waals surface area contributed by atoms with E-state index in [0.29, 0.717) is 0 Å². The van der Waals surface area contributed by atoms with Gasteiger partial charge in [-0.2, -0.15) is 0 Å². The van der Waals surface area contributed by atoms with Crippen molar-refractivity contribution >= 4 is 5.78 Å². The molecule has 0 rings (SSSR count). The second kappa shape index (κ2) is 5.16. The van der Waals surface area contributed by atoms with Gasteiger partial charge in [-0.25, -0.2) is 5.48 Å². The Morgan fingerprint density at radius 1 is 1.36 bits per heavy atom. The summed E-state index contributed by atoms with van der Waals surface area (Å²) in [5, 5.41) is 33.7. The lowest BCUT2D eigenvalue weighted by molar-refractivity contribution is -0.138. The second-order valence-corrected chi connectivity index (χ2v) is 1.98. The predicted octanol–water partition coefficient (Wildman–Crippen LogP) is -2.75. The molecule has 0 heterocycles. The van der Waals surface area contributed by atoms with Gasteiger partial charge in [0, 0.05) is 0 Å². The number of nitrogens with one attached hydrogen (secondary N) is 1. The highest BCUT2D eigenvalue weighted by Gasteiger charge is 2.21. The standard InChI is InChI=1S/C5H11NO5/c7-2-4(9)5(10)3(8)1-6-11/h3-4,6-9,11H,1-2H2. The van der Waals surface area contributed by atoms with E-state index in [1.54, 1.807) is 5.48 Å². The van der Waals surface area contributed by atoms with Crippen LogP contribution in [0.15, 0.2) is 0 Å².